The van der Waals surface area contributed by atoms with Crippen LogP contribution in [0.4, 0.5) is 5.69 Å². The largest absolute Gasteiger partial charge is 0.497 e. The van der Waals surface area contributed by atoms with E-state index in [1.54, 1.807) is 26.4 Å². The number of nitrogens with one attached hydrogen (secondary N) is 2. The quantitative estimate of drug-likeness (QED) is 0.666. The molecule has 1 amide bonds. The summed E-state index contributed by atoms with van der Waals surface area (Å²) in [5.41, 5.74) is 2.35. The number of amides is 1. The van der Waals surface area contributed by atoms with Gasteiger partial charge >= 0.3 is 0 Å². The number of carbonyl (C=O) groups excluding carboxylic acids is 1. The van der Waals surface area contributed by atoms with Crippen molar-refractivity contribution in [2.45, 2.75) is 31.1 Å². The highest BCUT2D eigenvalue weighted by Crippen LogP contribution is 2.28. The molecular weight excluding hydrogens is 406 g/mol. The van der Waals surface area contributed by atoms with Crippen LogP contribution in [0.2, 0.25) is 0 Å². The molecule has 0 aliphatic carbocycles. The second kappa shape index (κ2) is 9.17. The van der Waals surface area contributed by atoms with E-state index in [9.17, 15) is 13.2 Å². The molecule has 30 heavy (non-hydrogen) atoms. The normalized spacial score (nSPS) is 14.2. The van der Waals surface area contributed by atoms with Crippen molar-refractivity contribution in [2.75, 3.05) is 26.1 Å². The lowest BCUT2D eigenvalue weighted by atomic mass is 10.1. The molecule has 0 bridgehead atoms. The van der Waals surface area contributed by atoms with Crippen molar-refractivity contribution in [3.63, 3.8) is 0 Å². The summed E-state index contributed by atoms with van der Waals surface area (Å²) in [6.07, 6.45) is 0.894. The molecule has 1 heterocycles. The van der Waals surface area contributed by atoms with E-state index in [1.165, 1.54) is 6.07 Å². The molecule has 8 nitrogen and oxygen atoms in total. The zero-order valence-corrected chi connectivity index (χ0v) is 18.0. The van der Waals surface area contributed by atoms with Gasteiger partial charge in [-0.1, -0.05) is 6.07 Å². The van der Waals surface area contributed by atoms with Gasteiger partial charge in [-0.25, -0.2) is 0 Å². The van der Waals surface area contributed by atoms with Gasteiger partial charge in [0.2, 0.25) is 5.91 Å². The number of amidine groups is 1. The molecule has 2 aromatic carbocycles. The van der Waals surface area contributed by atoms with Crippen LogP contribution in [0.5, 0.6) is 11.5 Å². The lowest BCUT2D eigenvalue weighted by Gasteiger charge is -2.18. The summed E-state index contributed by atoms with van der Waals surface area (Å²) in [5.74, 6) is 1.52. The first-order valence-electron chi connectivity index (χ1n) is 9.51. The van der Waals surface area contributed by atoms with Crippen LogP contribution in [0.3, 0.4) is 0 Å². The summed E-state index contributed by atoms with van der Waals surface area (Å²) in [6, 6.07) is 10.5. The topological polar surface area (TPSA) is 106 Å². The fraction of sp³-hybridized carbons (Fsp3) is 0.333. The highest BCUT2D eigenvalue weighted by molar-refractivity contribution is 7.90. The first kappa shape index (κ1) is 21.6. The summed E-state index contributed by atoms with van der Waals surface area (Å²) < 4.78 is 39.0. The maximum atomic E-state index is 12.3. The van der Waals surface area contributed by atoms with Crippen LogP contribution in [0.25, 0.3) is 0 Å². The molecule has 9 heteroatoms. The van der Waals surface area contributed by atoms with E-state index in [0.717, 1.165) is 22.6 Å². The van der Waals surface area contributed by atoms with E-state index in [4.69, 9.17) is 9.47 Å². The van der Waals surface area contributed by atoms with E-state index in [1.807, 2.05) is 25.1 Å². The predicted molar refractivity (Wildman–Crippen MR) is 115 cm³/mol. The predicted octanol–water partition coefficient (Wildman–Crippen LogP) is 2.66. The number of aryl methyl sites for hydroxylation is 1. The second-order valence-electron chi connectivity index (χ2n) is 6.92. The minimum absolute atomic E-state index is 0.123. The Morgan fingerprint density at radius 1 is 1.10 bits per heavy atom. The Kier molecular flexibility index (Phi) is 6.61. The molecular formula is C21H25N3O5S. The van der Waals surface area contributed by atoms with Gasteiger partial charge in [0.15, 0.2) is 0 Å². The van der Waals surface area contributed by atoms with Gasteiger partial charge < -0.3 is 20.1 Å². The third kappa shape index (κ3) is 5.10. The number of anilines is 1. The number of sulfonamides is 1. The minimum atomic E-state index is -3.76. The van der Waals surface area contributed by atoms with E-state index in [0.29, 0.717) is 18.7 Å². The fourth-order valence-corrected chi connectivity index (χ4v) is 4.33. The SMILES string of the molecule is COc1ccc(OC)c(CCNC(=O)CCC2=NS(=O)(=O)c3ccc(C)cc3N2)c1. The molecule has 2 N–H and O–H groups in total. The zero-order chi connectivity index (χ0) is 21.7. The average molecular weight is 432 g/mol. The Morgan fingerprint density at radius 3 is 2.63 bits per heavy atom. The highest BCUT2D eigenvalue weighted by atomic mass is 32.2. The molecule has 1 aliphatic rings. The number of hydrogen-bond donors (Lipinski definition) is 2. The van der Waals surface area contributed by atoms with Crippen molar-refractivity contribution in [3.8, 4) is 11.5 Å². The van der Waals surface area contributed by atoms with Crippen LogP contribution in [0.15, 0.2) is 45.7 Å². The van der Waals surface area contributed by atoms with Crippen molar-refractivity contribution in [3.05, 3.63) is 47.5 Å². The Balaban J connectivity index is 1.54. The van der Waals surface area contributed by atoms with E-state index < -0.39 is 10.0 Å². The molecule has 0 saturated carbocycles. The average Bonchev–Trinajstić information content (AvgIpc) is 2.71. The van der Waals surface area contributed by atoms with Crippen LogP contribution in [0.1, 0.15) is 24.0 Å². The van der Waals surface area contributed by atoms with Crippen molar-refractivity contribution in [1.29, 1.82) is 0 Å². The summed E-state index contributed by atoms with van der Waals surface area (Å²) in [6.45, 7) is 2.30. The first-order valence-corrected chi connectivity index (χ1v) is 11.0. The van der Waals surface area contributed by atoms with Crippen molar-refractivity contribution in [2.24, 2.45) is 4.40 Å². The monoisotopic (exact) mass is 431 g/mol. The van der Waals surface area contributed by atoms with Gasteiger partial charge in [0, 0.05) is 19.4 Å². The number of hydrogen-bond acceptors (Lipinski definition) is 6. The molecule has 160 valence electrons. The van der Waals surface area contributed by atoms with Gasteiger partial charge in [-0.15, -0.1) is 4.40 Å². The molecule has 0 aromatic heterocycles. The Labute approximate surface area is 176 Å². The smallest absolute Gasteiger partial charge is 0.286 e. The van der Waals surface area contributed by atoms with Crippen molar-refractivity contribution in [1.82, 2.24) is 5.32 Å². The van der Waals surface area contributed by atoms with E-state index >= 15 is 0 Å². The van der Waals surface area contributed by atoms with Crippen molar-refractivity contribution >= 4 is 27.5 Å². The molecule has 0 unspecified atom stereocenters. The Morgan fingerprint density at radius 2 is 1.90 bits per heavy atom. The molecule has 0 radical (unpaired) electrons. The van der Waals surface area contributed by atoms with Crippen LogP contribution < -0.4 is 20.1 Å². The van der Waals surface area contributed by atoms with Crippen LogP contribution in [-0.4, -0.2) is 40.9 Å². The van der Waals surface area contributed by atoms with Crippen LogP contribution in [-0.2, 0) is 21.2 Å². The third-order valence-electron chi connectivity index (χ3n) is 4.72. The van der Waals surface area contributed by atoms with Crippen LogP contribution >= 0.6 is 0 Å². The molecule has 0 atom stereocenters. The van der Waals surface area contributed by atoms with Gasteiger partial charge in [-0.2, -0.15) is 8.42 Å². The molecule has 0 spiro atoms. The number of benzene rings is 2. The first-order chi connectivity index (χ1) is 14.3. The Hall–Kier alpha value is -3.07. The van der Waals surface area contributed by atoms with Gasteiger partial charge in [0.1, 0.15) is 22.2 Å². The third-order valence-corrected chi connectivity index (χ3v) is 6.09. The summed E-state index contributed by atoms with van der Waals surface area (Å²) in [7, 11) is -0.570. The van der Waals surface area contributed by atoms with Gasteiger partial charge in [0.25, 0.3) is 10.0 Å². The van der Waals surface area contributed by atoms with Gasteiger partial charge in [-0.05, 0) is 54.8 Å². The maximum absolute atomic E-state index is 12.3. The van der Waals surface area contributed by atoms with Crippen LogP contribution in [0, 0.1) is 6.92 Å². The molecule has 2 aromatic rings. The zero-order valence-electron chi connectivity index (χ0n) is 17.2. The summed E-state index contributed by atoms with van der Waals surface area (Å²) >= 11 is 0. The molecule has 3 rings (SSSR count). The standard InChI is InChI=1S/C21H25N3O5S/c1-14-4-7-19-17(12-14)23-20(24-30(19,26)27)8-9-21(25)22-11-10-15-13-16(28-2)5-6-18(15)29-3/h4-7,12-13H,8-11H2,1-3H3,(H,22,25)(H,23,24). The van der Waals surface area contributed by atoms with E-state index in [-0.39, 0.29) is 29.5 Å². The number of rotatable bonds is 8. The Bertz CT molecular complexity index is 1080. The number of methoxy groups -OCH3 is 2. The van der Waals surface area contributed by atoms with Gasteiger partial charge in [0.05, 0.1) is 19.9 Å². The lowest BCUT2D eigenvalue weighted by molar-refractivity contribution is -0.120. The molecule has 0 fully saturated rings. The second-order valence-corrected chi connectivity index (χ2v) is 8.49. The number of fused-ring (bicyclic) bond motifs is 1. The molecule has 1 aliphatic heterocycles. The number of nitrogens with zero attached hydrogens (tertiary/aromatic N) is 1. The maximum Gasteiger partial charge on any atom is 0.286 e. The fourth-order valence-electron chi connectivity index (χ4n) is 3.18. The lowest BCUT2D eigenvalue weighted by Crippen LogP contribution is -2.28. The molecule has 0 saturated heterocycles. The number of ether oxygens (including phenoxy) is 2. The highest BCUT2D eigenvalue weighted by Gasteiger charge is 2.24. The minimum Gasteiger partial charge on any atom is -0.497 e. The van der Waals surface area contributed by atoms with E-state index in [2.05, 4.69) is 15.0 Å². The van der Waals surface area contributed by atoms with Crippen molar-refractivity contribution < 1.29 is 22.7 Å². The summed E-state index contributed by atoms with van der Waals surface area (Å²) in [4.78, 5) is 12.4. The van der Waals surface area contributed by atoms with Gasteiger partial charge in [-0.3, -0.25) is 4.79 Å². The number of carbonyl (C=O) groups is 1. The summed E-state index contributed by atoms with van der Waals surface area (Å²) in [5, 5.41) is 5.86.